The monoisotopic (exact) mass is 256 g/mol. The predicted octanol–water partition coefficient (Wildman–Crippen LogP) is 2.17. The molecule has 0 saturated carbocycles. The van der Waals surface area contributed by atoms with Crippen LogP contribution in [-0.2, 0) is 0 Å². The fourth-order valence-corrected chi connectivity index (χ4v) is 2.45. The molecule has 1 heterocycles. The lowest BCUT2D eigenvalue weighted by Gasteiger charge is -2.24. The first kappa shape index (κ1) is 13.0. The summed E-state index contributed by atoms with van der Waals surface area (Å²) in [5, 5.41) is 22.4. The van der Waals surface area contributed by atoms with Gasteiger partial charge in [0.1, 0.15) is 11.7 Å². The van der Waals surface area contributed by atoms with Gasteiger partial charge in [0.25, 0.3) is 0 Å². The van der Waals surface area contributed by atoms with E-state index in [2.05, 4.69) is 10.5 Å². The molecular weight excluding hydrogens is 243 g/mol. The van der Waals surface area contributed by atoms with Gasteiger partial charge in [-0.2, -0.15) is 15.6 Å². The fourth-order valence-electron chi connectivity index (χ4n) is 2.45. The standard InChI is InChI=1S/C14H13FN4/c1-9-12(8-18-19-9)14(10(6-16)7-17)11-4-2-3-5-13(11)15/h2-5,10,12,14,18H,8H2,1H3/t12-,14-/m0/s1. The lowest BCUT2D eigenvalue weighted by molar-refractivity contribution is 0.463. The van der Waals surface area contributed by atoms with E-state index in [9.17, 15) is 4.39 Å². The number of hydrogen-bond donors (Lipinski definition) is 1. The molecule has 2 rings (SSSR count). The minimum absolute atomic E-state index is 0.138. The van der Waals surface area contributed by atoms with E-state index < -0.39 is 11.8 Å². The van der Waals surface area contributed by atoms with Crippen LogP contribution in [0.1, 0.15) is 18.4 Å². The zero-order valence-electron chi connectivity index (χ0n) is 10.5. The minimum atomic E-state index is -0.896. The highest BCUT2D eigenvalue weighted by molar-refractivity contribution is 5.86. The van der Waals surface area contributed by atoms with Gasteiger partial charge < -0.3 is 5.43 Å². The average Bonchev–Trinajstić information content (AvgIpc) is 2.83. The third-order valence-electron chi connectivity index (χ3n) is 3.44. The molecule has 2 atom stereocenters. The van der Waals surface area contributed by atoms with Crippen molar-refractivity contribution < 1.29 is 4.39 Å². The number of nitrogens with one attached hydrogen (secondary N) is 1. The van der Waals surface area contributed by atoms with Crippen LogP contribution in [0.15, 0.2) is 29.4 Å². The van der Waals surface area contributed by atoms with Gasteiger partial charge in [-0.3, -0.25) is 0 Å². The molecule has 0 amide bonds. The van der Waals surface area contributed by atoms with Crippen molar-refractivity contribution in [2.24, 2.45) is 16.9 Å². The smallest absolute Gasteiger partial charge is 0.140 e. The first-order chi connectivity index (χ1) is 9.19. The Morgan fingerprint density at radius 1 is 1.37 bits per heavy atom. The van der Waals surface area contributed by atoms with Gasteiger partial charge >= 0.3 is 0 Å². The highest BCUT2D eigenvalue weighted by atomic mass is 19.1. The van der Waals surface area contributed by atoms with E-state index in [4.69, 9.17) is 10.5 Å². The van der Waals surface area contributed by atoms with E-state index in [1.807, 2.05) is 19.1 Å². The average molecular weight is 256 g/mol. The Kier molecular flexibility index (Phi) is 3.77. The normalized spacial score (nSPS) is 19.2. The molecule has 1 aliphatic rings. The molecule has 19 heavy (non-hydrogen) atoms. The largest absolute Gasteiger partial charge is 0.309 e. The molecule has 0 bridgehead atoms. The van der Waals surface area contributed by atoms with Crippen molar-refractivity contribution in [2.75, 3.05) is 6.54 Å². The molecule has 0 aromatic heterocycles. The summed E-state index contributed by atoms with van der Waals surface area (Å²) in [5.74, 6) is -1.93. The molecule has 4 nitrogen and oxygen atoms in total. The Bertz CT molecular complexity index is 568. The molecule has 0 unspecified atom stereocenters. The molecule has 96 valence electrons. The van der Waals surface area contributed by atoms with Crippen LogP contribution in [-0.4, -0.2) is 12.3 Å². The molecule has 5 heteroatoms. The SMILES string of the molecule is CC1=NNC[C@@H]1[C@H](c1ccccc1F)C(C#N)C#N. The number of nitrogens with zero attached hydrogens (tertiary/aromatic N) is 3. The first-order valence-electron chi connectivity index (χ1n) is 5.99. The van der Waals surface area contributed by atoms with Crippen LogP contribution in [0.4, 0.5) is 4.39 Å². The molecule has 1 aromatic rings. The lowest BCUT2D eigenvalue weighted by Crippen LogP contribution is -2.28. The molecule has 0 aliphatic carbocycles. The summed E-state index contributed by atoms with van der Waals surface area (Å²) in [4.78, 5) is 0. The van der Waals surface area contributed by atoms with Crippen LogP contribution < -0.4 is 5.43 Å². The van der Waals surface area contributed by atoms with Gasteiger partial charge in [-0.05, 0) is 18.6 Å². The minimum Gasteiger partial charge on any atom is -0.309 e. The molecule has 1 aliphatic heterocycles. The number of hydrazone groups is 1. The Hall–Kier alpha value is -2.40. The van der Waals surface area contributed by atoms with Crippen LogP contribution in [0.25, 0.3) is 0 Å². The van der Waals surface area contributed by atoms with Gasteiger partial charge in [-0.25, -0.2) is 4.39 Å². The van der Waals surface area contributed by atoms with Crippen molar-refractivity contribution >= 4 is 5.71 Å². The Morgan fingerprint density at radius 2 is 2.05 bits per heavy atom. The number of benzene rings is 1. The van der Waals surface area contributed by atoms with Crippen molar-refractivity contribution in [1.82, 2.24) is 5.43 Å². The van der Waals surface area contributed by atoms with E-state index in [1.54, 1.807) is 18.2 Å². The Labute approximate surface area is 111 Å². The van der Waals surface area contributed by atoms with Crippen LogP contribution >= 0.6 is 0 Å². The van der Waals surface area contributed by atoms with Gasteiger partial charge in [-0.15, -0.1) is 0 Å². The van der Waals surface area contributed by atoms with Crippen LogP contribution in [0, 0.1) is 40.3 Å². The summed E-state index contributed by atoms with van der Waals surface area (Å²) in [6, 6.07) is 10.2. The van der Waals surface area contributed by atoms with Crippen LogP contribution in [0.3, 0.4) is 0 Å². The summed E-state index contributed by atoms with van der Waals surface area (Å²) in [5.41, 5.74) is 4.04. The second-order valence-electron chi connectivity index (χ2n) is 4.51. The highest BCUT2D eigenvalue weighted by Crippen LogP contribution is 2.35. The van der Waals surface area contributed by atoms with Gasteiger partial charge in [0, 0.05) is 24.1 Å². The first-order valence-corrected chi connectivity index (χ1v) is 5.99. The van der Waals surface area contributed by atoms with Gasteiger partial charge in [-0.1, -0.05) is 18.2 Å². The summed E-state index contributed by atoms with van der Waals surface area (Å²) in [7, 11) is 0. The molecule has 1 aromatic carbocycles. The summed E-state index contributed by atoms with van der Waals surface area (Å²) in [6.07, 6.45) is 0. The van der Waals surface area contributed by atoms with Gasteiger partial charge in [0.15, 0.2) is 0 Å². The topological polar surface area (TPSA) is 72.0 Å². The van der Waals surface area contributed by atoms with Crippen molar-refractivity contribution in [3.05, 3.63) is 35.6 Å². The number of halogens is 1. The lowest BCUT2D eigenvalue weighted by atomic mass is 9.76. The quantitative estimate of drug-likeness (QED) is 0.900. The fraction of sp³-hybridized carbons (Fsp3) is 0.357. The maximum Gasteiger partial charge on any atom is 0.140 e. The van der Waals surface area contributed by atoms with E-state index >= 15 is 0 Å². The zero-order chi connectivity index (χ0) is 13.8. The third kappa shape index (κ3) is 2.41. The number of nitriles is 2. The van der Waals surface area contributed by atoms with Gasteiger partial charge in [0.2, 0.25) is 0 Å². The van der Waals surface area contributed by atoms with E-state index in [0.29, 0.717) is 12.1 Å². The second-order valence-corrected chi connectivity index (χ2v) is 4.51. The van der Waals surface area contributed by atoms with E-state index in [-0.39, 0.29) is 11.7 Å². The van der Waals surface area contributed by atoms with Gasteiger partial charge in [0.05, 0.1) is 12.1 Å². The molecule has 0 radical (unpaired) electrons. The molecule has 1 N–H and O–H groups in total. The molecular formula is C14H13FN4. The van der Waals surface area contributed by atoms with Crippen molar-refractivity contribution in [1.29, 1.82) is 10.5 Å². The summed E-state index contributed by atoms with van der Waals surface area (Å²) in [6.45, 7) is 2.34. The Balaban J connectivity index is 2.47. The third-order valence-corrected chi connectivity index (χ3v) is 3.44. The van der Waals surface area contributed by atoms with E-state index in [0.717, 1.165) is 5.71 Å². The maximum atomic E-state index is 14.0. The summed E-state index contributed by atoms with van der Waals surface area (Å²) < 4.78 is 14.0. The molecule has 0 fully saturated rings. The maximum absolute atomic E-state index is 14.0. The molecule has 0 saturated heterocycles. The predicted molar refractivity (Wildman–Crippen MR) is 68.5 cm³/mol. The van der Waals surface area contributed by atoms with Crippen molar-refractivity contribution in [2.45, 2.75) is 12.8 Å². The van der Waals surface area contributed by atoms with Crippen molar-refractivity contribution in [3.63, 3.8) is 0 Å². The number of hydrogen-bond acceptors (Lipinski definition) is 4. The van der Waals surface area contributed by atoms with E-state index in [1.165, 1.54) is 6.07 Å². The number of rotatable bonds is 3. The van der Waals surface area contributed by atoms with Crippen LogP contribution in [0.2, 0.25) is 0 Å². The van der Waals surface area contributed by atoms with Crippen LogP contribution in [0.5, 0.6) is 0 Å². The molecule has 0 spiro atoms. The van der Waals surface area contributed by atoms with Crippen molar-refractivity contribution in [3.8, 4) is 12.1 Å². The highest BCUT2D eigenvalue weighted by Gasteiger charge is 2.36. The Morgan fingerprint density at radius 3 is 2.58 bits per heavy atom. The second kappa shape index (κ2) is 5.49. The summed E-state index contributed by atoms with van der Waals surface area (Å²) >= 11 is 0. The zero-order valence-corrected chi connectivity index (χ0v) is 10.5.